The van der Waals surface area contributed by atoms with E-state index in [9.17, 15) is 14.4 Å². The first-order valence-corrected chi connectivity index (χ1v) is 7.74. The topological polar surface area (TPSA) is 102 Å². The smallest absolute Gasteiger partial charge is 0.318 e. The molecule has 0 fully saturated rings. The van der Waals surface area contributed by atoms with E-state index in [1.54, 1.807) is 24.3 Å². The number of benzene rings is 2. The van der Waals surface area contributed by atoms with Gasteiger partial charge in [-0.15, -0.1) is 0 Å². The van der Waals surface area contributed by atoms with E-state index < -0.39 is 11.8 Å². The average Bonchev–Trinajstić information content (AvgIpc) is 2.64. The van der Waals surface area contributed by atoms with Crippen LogP contribution >= 0.6 is 0 Å². The Hall–Kier alpha value is -3.19. The number of carbonyl (C=O) groups excluding carboxylic acids is 3. The van der Waals surface area contributed by atoms with E-state index in [2.05, 4.69) is 5.32 Å². The van der Waals surface area contributed by atoms with Crippen molar-refractivity contribution in [1.82, 2.24) is 4.90 Å². The fraction of sp³-hybridized carbons (Fsp3) is 0.167. The molecule has 3 N–H and O–H groups in total. The molecule has 2 aromatic carbocycles. The fourth-order valence-corrected chi connectivity index (χ4v) is 2.01. The minimum atomic E-state index is -0.923. The lowest BCUT2D eigenvalue weighted by molar-refractivity contribution is -0.146. The molecule has 0 aliphatic rings. The second-order valence-corrected chi connectivity index (χ2v) is 5.14. The summed E-state index contributed by atoms with van der Waals surface area (Å²) in [5, 5.41) is 2.45. The van der Waals surface area contributed by atoms with E-state index in [1.807, 2.05) is 30.3 Å². The highest BCUT2D eigenvalue weighted by molar-refractivity contribution is 6.41. The van der Waals surface area contributed by atoms with Crippen molar-refractivity contribution in [2.75, 3.05) is 18.4 Å². The molecule has 0 bridgehead atoms. The van der Waals surface area contributed by atoms with Crippen molar-refractivity contribution in [1.29, 1.82) is 0 Å². The molecule has 0 saturated carbocycles. The summed E-state index contributed by atoms with van der Waals surface area (Å²) in [6.07, 6.45) is 0.762. The second kappa shape index (κ2) is 9.19. The maximum absolute atomic E-state index is 11.9. The van der Waals surface area contributed by atoms with Gasteiger partial charge in [-0.25, -0.2) is 0 Å². The van der Waals surface area contributed by atoms with E-state index in [0.29, 0.717) is 36.6 Å². The summed E-state index contributed by atoms with van der Waals surface area (Å²) in [5.41, 5.74) is 5.75. The number of nitrogens with two attached hydrogens (primary N) is 1. The van der Waals surface area contributed by atoms with Crippen LogP contribution in [0.1, 0.15) is 6.42 Å². The second-order valence-electron chi connectivity index (χ2n) is 5.14. The van der Waals surface area contributed by atoms with Crippen LogP contribution in [0.5, 0.6) is 11.5 Å². The third kappa shape index (κ3) is 5.43. The maximum atomic E-state index is 11.9. The van der Waals surface area contributed by atoms with Gasteiger partial charge in [0.05, 0.1) is 0 Å². The van der Waals surface area contributed by atoms with E-state index >= 15 is 0 Å². The van der Waals surface area contributed by atoms with Crippen molar-refractivity contribution in [3.05, 3.63) is 54.6 Å². The van der Waals surface area contributed by atoms with Gasteiger partial charge in [0.25, 0.3) is 0 Å². The number of ether oxygens (including phenoxy) is 1. The number of nitrogens with zero attached hydrogens (tertiary/aromatic N) is 1. The SMILES string of the molecule is NCCCN(C=O)C(=O)C(=O)Nc1ccc(Oc2ccccc2)cc1. The molecule has 25 heavy (non-hydrogen) atoms. The van der Waals surface area contributed by atoms with Crippen molar-refractivity contribution in [3.8, 4) is 11.5 Å². The normalized spacial score (nSPS) is 9.96. The van der Waals surface area contributed by atoms with E-state index in [-0.39, 0.29) is 6.54 Å². The van der Waals surface area contributed by atoms with E-state index in [1.165, 1.54) is 0 Å². The Kier molecular flexibility index (Phi) is 6.67. The number of para-hydroxylation sites is 1. The first-order valence-electron chi connectivity index (χ1n) is 7.74. The first kappa shape index (κ1) is 18.2. The monoisotopic (exact) mass is 341 g/mol. The molecule has 130 valence electrons. The fourth-order valence-electron chi connectivity index (χ4n) is 2.01. The van der Waals surface area contributed by atoms with Crippen LogP contribution in [-0.2, 0) is 14.4 Å². The Morgan fingerprint density at radius 2 is 1.68 bits per heavy atom. The van der Waals surface area contributed by atoms with E-state index in [0.717, 1.165) is 4.90 Å². The lowest BCUT2D eigenvalue weighted by Crippen LogP contribution is -2.39. The van der Waals surface area contributed by atoms with Gasteiger partial charge in [0.2, 0.25) is 6.41 Å². The minimum absolute atomic E-state index is 0.107. The number of hydrogen-bond acceptors (Lipinski definition) is 5. The largest absolute Gasteiger partial charge is 0.457 e. The number of imide groups is 1. The molecule has 0 saturated heterocycles. The van der Waals surface area contributed by atoms with Crippen molar-refractivity contribution in [2.24, 2.45) is 5.73 Å². The molecule has 0 spiro atoms. The van der Waals surface area contributed by atoms with Gasteiger partial charge in [0.1, 0.15) is 11.5 Å². The van der Waals surface area contributed by atoms with Crippen LogP contribution in [0.15, 0.2) is 54.6 Å². The summed E-state index contributed by atoms with van der Waals surface area (Å²) in [5.74, 6) is -0.530. The lowest BCUT2D eigenvalue weighted by atomic mass is 10.3. The number of amides is 3. The van der Waals surface area contributed by atoms with Crippen LogP contribution in [0.3, 0.4) is 0 Å². The van der Waals surface area contributed by atoms with Crippen LogP contribution in [-0.4, -0.2) is 36.2 Å². The van der Waals surface area contributed by atoms with Crippen molar-refractivity contribution < 1.29 is 19.1 Å². The molecule has 7 nitrogen and oxygen atoms in total. The molecule has 0 atom stereocenters. The van der Waals surface area contributed by atoms with Crippen LogP contribution in [0.4, 0.5) is 5.69 Å². The third-order valence-corrected chi connectivity index (χ3v) is 3.28. The molecule has 0 aromatic heterocycles. The summed E-state index contributed by atoms with van der Waals surface area (Å²) < 4.78 is 5.64. The Bertz CT molecular complexity index is 717. The summed E-state index contributed by atoms with van der Waals surface area (Å²) in [4.78, 5) is 35.5. The molecule has 0 aliphatic carbocycles. The van der Waals surface area contributed by atoms with Gasteiger partial charge < -0.3 is 15.8 Å². The number of nitrogens with one attached hydrogen (secondary N) is 1. The van der Waals surface area contributed by atoms with Crippen molar-refractivity contribution in [2.45, 2.75) is 6.42 Å². The van der Waals surface area contributed by atoms with Crippen LogP contribution in [0.2, 0.25) is 0 Å². The summed E-state index contributed by atoms with van der Waals surface area (Å²) in [6, 6.07) is 15.8. The van der Waals surface area contributed by atoms with Gasteiger partial charge in [-0.3, -0.25) is 19.3 Å². The van der Waals surface area contributed by atoms with Crippen LogP contribution in [0.25, 0.3) is 0 Å². The van der Waals surface area contributed by atoms with Gasteiger partial charge in [-0.1, -0.05) is 18.2 Å². The molecule has 3 amide bonds. The molecule has 0 unspecified atom stereocenters. The Morgan fingerprint density at radius 1 is 1.04 bits per heavy atom. The highest BCUT2D eigenvalue weighted by atomic mass is 16.5. The number of rotatable bonds is 7. The van der Waals surface area contributed by atoms with Gasteiger partial charge in [0, 0.05) is 12.2 Å². The number of anilines is 1. The highest BCUT2D eigenvalue weighted by Crippen LogP contribution is 2.22. The molecule has 7 heteroatoms. The third-order valence-electron chi connectivity index (χ3n) is 3.28. The van der Waals surface area contributed by atoms with E-state index in [4.69, 9.17) is 10.5 Å². The summed E-state index contributed by atoms with van der Waals surface area (Å²) >= 11 is 0. The van der Waals surface area contributed by atoms with Gasteiger partial charge in [0.15, 0.2) is 0 Å². The predicted octanol–water partition coefficient (Wildman–Crippen LogP) is 1.75. The van der Waals surface area contributed by atoms with Gasteiger partial charge >= 0.3 is 11.8 Å². The maximum Gasteiger partial charge on any atom is 0.318 e. The Morgan fingerprint density at radius 3 is 2.28 bits per heavy atom. The highest BCUT2D eigenvalue weighted by Gasteiger charge is 2.21. The molecule has 2 rings (SSSR count). The van der Waals surface area contributed by atoms with Crippen molar-refractivity contribution >= 4 is 23.9 Å². The van der Waals surface area contributed by atoms with Crippen LogP contribution < -0.4 is 15.8 Å². The van der Waals surface area contributed by atoms with Crippen molar-refractivity contribution in [3.63, 3.8) is 0 Å². The standard InChI is InChI=1S/C18H19N3O4/c19-11-4-12-21(13-22)18(24)17(23)20-14-7-9-16(10-8-14)25-15-5-2-1-3-6-15/h1-3,5-10,13H,4,11-12,19H2,(H,20,23). The predicted molar refractivity (Wildman–Crippen MR) is 93.0 cm³/mol. The number of carbonyl (C=O) groups is 3. The quantitative estimate of drug-likeness (QED) is 0.590. The molecular weight excluding hydrogens is 322 g/mol. The molecule has 0 aliphatic heterocycles. The Balaban J connectivity index is 1.94. The van der Waals surface area contributed by atoms with Gasteiger partial charge in [-0.2, -0.15) is 0 Å². The van der Waals surface area contributed by atoms with Gasteiger partial charge in [-0.05, 0) is 49.4 Å². The lowest BCUT2D eigenvalue weighted by Gasteiger charge is -2.14. The zero-order chi connectivity index (χ0) is 18.1. The molecular formula is C18H19N3O4. The number of hydrogen-bond donors (Lipinski definition) is 2. The molecule has 0 heterocycles. The first-order chi connectivity index (χ1) is 12.1. The van der Waals surface area contributed by atoms with Crippen LogP contribution in [0, 0.1) is 0 Å². The zero-order valence-corrected chi connectivity index (χ0v) is 13.6. The summed E-state index contributed by atoms with van der Waals surface area (Å²) in [6.45, 7) is 0.429. The molecule has 2 aromatic rings. The summed E-state index contributed by atoms with van der Waals surface area (Å²) in [7, 11) is 0. The Labute approximate surface area is 145 Å². The average molecular weight is 341 g/mol. The zero-order valence-electron chi connectivity index (χ0n) is 13.6. The minimum Gasteiger partial charge on any atom is -0.457 e. The molecule has 0 radical (unpaired) electrons.